The Morgan fingerprint density at radius 2 is 2.06 bits per heavy atom. The number of ether oxygens (including phenoxy) is 1. The number of rotatable bonds is 4. The van der Waals surface area contributed by atoms with Gasteiger partial charge in [-0.15, -0.1) is 0 Å². The predicted molar refractivity (Wildman–Crippen MR) is 119 cm³/mol. The van der Waals surface area contributed by atoms with Gasteiger partial charge in [0.25, 0.3) is 0 Å². The Hall–Kier alpha value is -3.14. The van der Waals surface area contributed by atoms with E-state index < -0.39 is 17.7 Å². The smallest absolute Gasteiger partial charge is 0.416 e. The lowest BCUT2D eigenvalue weighted by Crippen LogP contribution is -2.35. The number of halogens is 3. The minimum Gasteiger partial charge on any atom is -0.481 e. The number of carbonyl (C=O) groups is 1. The van der Waals surface area contributed by atoms with E-state index in [1.807, 2.05) is 12.1 Å². The highest BCUT2D eigenvalue weighted by Gasteiger charge is 2.38. The summed E-state index contributed by atoms with van der Waals surface area (Å²) < 4.78 is 44.9. The molecule has 0 amide bonds. The second-order valence-corrected chi connectivity index (χ2v) is 9.03. The van der Waals surface area contributed by atoms with Crippen LogP contribution in [0.2, 0.25) is 0 Å². The molecular weight excluding hydrogens is 449 g/mol. The third kappa shape index (κ3) is 4.59. The Labute approximate surface area is 194 Å². The maximum atomic E-state index is 13.0. The van der Waals surface area contributed by atoms with E-state index >= 15 is 0 Å². The topological polar surface area (TPSA) is 91.3 Å². The number of aromatic nitrogens is 3. The van der Waals surface area contributed by atoms with E-state index in [-0.39, 0.29) is 18.4 Å². The number of pyridine rings is 1. The summed E-state index contributed by atoms with van der Waals surface area (Å²) in [5.74, 6) is 0.889. The largest absolute Gasteiger partial charge is 0.481 e. The van der Waals surface area contributed by atoms with Crippen LogP contribution >= 0.6 is 0 Å². The summed E-state index contributed by atoms with van der Waals surface area (Å²) in [7, 11) is 0. The van der Waals surface area contributed by atoms with Crippen LogP contribution < -0.4 is 4.90 Å². The fourth-order valence-corrected chi connectivity index (χ4v) is 5.13. The summed E-state index contributed by atoms with van der Waals surface area (Å²) in [5.41, 5.74) is 0.757. The molecule has 0 saturated carbocycles. The molecule has 0 bridgehead atoms. The number of anilines is 1. The Bertz CT molecular complexity index is 1180. The molecule has 2 fully saturated rings. The highest BCUT2D eigenvalue weighted by molar-refractivity contribution is 5.80. The van der Waals surface area contributed by atoms with E-state index in [0.717, 1.165) is 50.3 Å². The fourth-order valence-electron chi connectivity index (χ4n) is 5.13. The molecule has 2 aliphatic rings. The molecule has 34 heavy (non-hydrogen) atoms. The van der Waals surface area contributed by atoms with E-state index in [0.29, 0.717) is 34.9 Å². The monoisotopic (exact) mass is 474 g/mol. The molecule has 0 radical (unpaired) electrons. The first-order valence-electron chi connectivity index (χ1n) is 11.4. The predicted octanol–water partition coefficient (Wildman–Crippen LogP) is 4.74. The number of aromatic amines is 1. The number of hydrogen-bond donors (Lipinski definition) is 2. The fraction of sp³-hybridized carbons (Fsp3) is 0.458. The molecular formula is C24H25F3N4O3. The van der Waals surface area contributed by atoms with Crippen molar-refractivity contribution in [2.75, 3.05) is 24.6 Å². The van der Waals surface area contributed by atoms with Gasteiger partial charge in [-0.1, -0.05) is 0 Å². The third-order valence-corrected chi connectivity index (χ3v) is 6.85. The second-order valence-electron chi connectivity index (χ2n) is 9.03. The van der Waals surface area contributed by atoms with Crippen LogP contribution in [0, 0.1) is 11.8 Å². The van der Waals surface area contributed by atoms with E-state index in [9.17, 15) is 18.0 Å². The van der Waals surface area contributed by atoms with Gasteiger partial charge in [0.15, 0.2) is 0 Å². The molecule has 2 aliphatic heterocycles. The first-order chi connectivity index (χ1) is 16.3. The van der Waals surface area contributed by atoms with Crippen molar-refractivity contribution in [3.05, 3.63) is 42.1 Å². The van der Waals surface area contributed by atoms with E-state index in [1.54, 1.807) is 6.20 Å². The molecule has 1 aromatic carbocycles. The molecule has 2 aromatic heterocycles. The standard InChI is InChI=1S/C24H25F3N4O3/c25-24(26,27)16-4-5-18-19(11-16)30-23(29-18)14-3-6-21(28-12-14)31-8-1-2-17-15(10-22(32)33)13-34-20(17)7-9-31/h3-6,11-12,15,17,20H,1-2,7-10,13H2,(H,29,30)(H,32,33)/t15-,17?,20?/m1/s1. The Kier molecular flexibility index (Phi) is 5.93. The van der Waals surface area contributed by atoms with Crippen LogP contribution in [0.5, 0.6) is 0 Å². The van der Waals surface area contributed by atoms with Gasteiger partial charge in [0.1, 0.15) is 11.6 Å². The highest BCUT2D eigenvalue weighted by Crippen LogP contribution is 2.37. The molecule has 180 valence electrons. The number of carboxylic acid groups (broad SMARTS) is 1. The molecule has 10 heteroatoms. The van der Waals surface area contributed by atoms with Crippen LogP contribution in [0.1, 0.15) is 31.2 Å². The number of benzene rings is 1. The van der Waals surface area contributed by atoms with Crippen molar-refractivity contribution in [1.82, 2.24) is 15.0 Å². The number of H-pyrrole nitrogens is 1. The quantitative estimate of drug-likeness (QED) is 0.568. The minimum absolute atomic E-state index is 0.0727. The Morgan fingerprint density at radius 1 is 1.21 bits per heavy atom. The van der Waals surface area contributed by atoms with Crippen LogP contribution in [0.3, 0.4) is 0 Å². The number of imidazole rings is 1. The van der Waals surface area contributed by atoms with Crippen molar-refractivity contribution in [2.45, 2.75) is 38.0 Å². The summed E-state index contributed by atoms with van der Waals surface area (Å²) in [6.45, 7) is 2.09. The van der Waals surface area contributed by atoms with Gasteiger partial charge in [0.2, 0.25) is 0 Å². The summed E-state index contributed by atoms with van der Waals surface area (Å²) in [6, 6.07) is 7.21. The van der Waals surface area contributed by atoms with Gasteiger partial charge in [0, 0.05) is 24.8 Å². The molecule has 3 aromatic rings. The van der Waals surface area contributed by atoms with Gasteiger partial charge in [0.05, 0.1) is 35.7 Å². The molecule has 2 saturated heterocycles. The molecule has 2 unspecified atom stereocenters. The van der Waals surface area contributed by atoms with Crippen LogP contribution in [0.25, 0.3) is 22.4 Å². The molecule has 3 atom stereocenters. The Balaban J connectivity index is 1.28. The first kappa shape index (κ1) is 22.6. The molecule has 4 heterocycles. The number of nitrogens with zero attached hydrogens (tertiary/aromatic N) is 3. The maximum Gasteiger partial charge on any atom is 0.416 e. The number of hydrogen-bond acceptors (Lipinski definition) is 5. The third-order valence-electron chi connectivity index (χ3n) is 6.85. The van der Waals surface area contributed by atoms with Crippen LogP contribution in [0.15, 0.2) is 36.5 Å². The van der Waals surface area contributed by atoms with Crippen LogP contribution in [0.4, 0.5) is 19.0 Å². The normalized spacial score (nSPS) is 23.5. The van der Waals surface area contributed by atoms with Crippen molar-refractivity contribution in [3.8, 4) is 11.4 Å². The molecule has 0 aliphatic carbocycles. The second kappa shape index (κ2) is 8.90. The molecule has 7 nitrogen and oxygen atoms in total. The van der Waals surface area contributed by atoms with Crippen molar-refractivity contribution < 1.29 is 27.8 Å². The zero-order valence-corrected chi connectivity index (χ0v) is 18.4. The van der Waals surface area contributed by atoms with Crippen molar-refractivity contribution >= 4 is 22.8 Å². The van der Waals surface area contributed by atoms with Crippen LogP contribution in [-0.4, -0.2) is 51.8 Å². The number of carboxylic acids is 1. The van der Waals surface area contributed by atoms with E-state index in [1.165, 1.54) is 6.07 Å². The Morgan fingerprint density at radius 3 is 2.79 bits per heavy atom. The summed E-state index contributed by atoms with van der Waals surface area (Å²) in [4.78, 5) is 25.3. The molecule has 5 rings (SSSR count). The number of alkyl halides is 3. The van der Waals surface area contributed by atoms with Crippen molar-refractivity contribution in [3.63, 3.8) is 0 Å². The van der Waals surface area contributed by atoms with E-state index in [2.05, 4.69) is 19.9 Å². The van der Waals surface area contributed by atoms with Crippen LogP contribution in [-0.2, 0) is 15.7 Å². The zero-order chi connectivity index (χ0) is 23.9. The summed E-state index contributed by atoms with van der Waals surface area (Å²) >= 11 is 0. The number of nitrogens with one attached hydrogen (secondary N) is 1. The summed E-state index contributed by atoms with van der Waals surface area (Å²) in [5, 5.41) is 9.15. The van der Waals surface area contributed by atoms with Crippen molar-refractivity contribution in [2.24, 2.45) is 11.8 Å². The first-order valence-corrected chi connectivity index (χ1v) is 11.4. The van der Waals surface area contributed by atoms with Gasteiger partial charge in [-0.05, 0) is 61.4 Å². The van der Waals surface area contributed by atoms with E-state index in [4.69, 9.17) is 9.84 Å². The molecule has 0 spiro atoms. The molecule has 2 N–H and O–H groups in total. The lowest BCUT2D eigenvalue weighted by molar-refractivity contribution is -0.139. The number of fused-ring (bicyclic) bond motifs is 2. The lowest BCUT2D eigenvalue weighted by Gasteiger charge is -2.31. The number of aliphatic carboxylic acids is 1. The average molecular weight is 474 g/mol. The average Bonchev–Trinajstić information content (AvgIpc) is 3.36. The van der Waals surface area contributed by atoms with Gasteiger partial charge >= 0.3 is 12.1 Å². The van der Waals surface area contributed by atoms with Gasteiger partial charge in [-0.2, -0.15) is 13.2 Å². The van der Waals surface area contributed by atoms with Gasteiger partial charge < -0.3 is 19.7 Å². The van der Waals surface area contributed by atoms with Gasteiger partial charge in [-0.25, -0.2) is 9.97 Å². The summed E-state index contributed by atoms with van der Waals surface area (Å²) in [6.07, 6.45) is 0.167. The highest BCUT2D eigenvalue weighted by atomic mass is 19.4. The lowest BCUT2D eigenvalue weighted by atomic mass is 9.83. The minimum atomic E-state index is -4.41. The SMILES string of the molecule is O=C(O)C[C@@H]1COC2CCN(c3ccc(-c4nc5ccc(C(F)(F)F)cc5[nH]4)cn3)CCCC21. The zero-order valence-electron chi connectivity index (χ0n) is 18.4. The van der Waals surface area contributed by atoms with Crippen molar-refractivity contribution in [1.29, 1.82) is 0 Å². The van der Waals surface area contributed by atoms with Gasteiger partial charge in [-0.3, -0.25) is 4.79 Å². The maximum absolute atomic E-state index is 13.0.